The van der Waals surface area contributed by atoms with Crippen molar-refractivity contribution in [3.05, 3.63) is 0 Å². The summed E-state index contributed by atoms with van der Waals surface area (Å²) in [4.78, 5) is 25.0. The van der Waals surface area contributed by atoms with Crippen LogP contribution in [0.1, 0.15) is 13.8 Å². The van der Waals surface area contributed by atoms with E-state index in [9.17, 15) is 9.59 Å². The van der Waals surface area contributed by atoms with Gasteiger partial charge in [-0.25, -0.2) is 0 Å². The zero-order valence-electron chi connectivity index (χ0n) is 10.3. The Morgan fingerprint density at radius 2 is 1.82 bits per heavy atom. The van der Waals surface area contributed by atoms with Crippen LogP contribution in [0.3, 0.4) is 0 Å². The Morgan fingerprint density at radius 3 is 2.29 bits per heavy atom. The predicted octanol–water partition coefficient (Wildman–Crippen LogP) is 0.0210. The maximum Gasteiger partial charge on any atom is 0.308 e. The Morgan fingerprint density at radius 1 is 1.12 bits per heavy atom. The molecule has 2 saturated heterocycles. The van der Waals surface area contributed by atoms with E-state index in [1.807, 2.05) is 6.92 Å². The Kier molecular flexibility index (Phi) is 3.38. The highest BCUT2D eigenvalue weighted by Gasteiger charge is 2.40. The van der Waals surface area contributed by atoms with Gasteiger partial charge < -0.3 is 15.3 Å². The standard InChI is InChI=1S/C12H20N2O3/c1-7-3-13-4-9(7)11(15)14-5-8(2)10(6-14)12(16)17/h7-10,13H,3-6H2,1-2H3,(H,16,17)/t7?,8-,9?,10-/m1/s1. The van der Waals surface area contributed by atoms with E-state index in [1.54, 1.807) is 4.90 Å². The fraction of sp³-hybridized carbons (Fsp3) is 0.833. The maximum atomic E-state index is 12.3. The molecule has 2 heterocycles. The van der Waals surface area contributed by atoms with Gasteiger partial charge in [0.2, 0.25) is 5.91 Å². The first kappa shape index (κ1) is 12.4. The van der Waals surface area contributed by atoms with Gasteiger partial charge in [-0.2, -0.15) is 0 Å². The van der Waals surface area contributed by atoms with Crippen LogP contribution in [0.15, 0.2) is 0 Å². The molecular weight excluding hydrogens is 220 g/mol. The van der Waals surface area contributed by atoms with Crippen molar-refractivity contribution < 1.29 is 14.7 Å². The lowest BCUT2D eigenvalue weighted by atomic mass is 9.97. The number of hydrogen-bond donors (Lipinski definition) is 2. The second-order valence-corrected chi connectivity index (χ2v) is 5.41. The molecule has 0 aliphatic carbocycles. The second-order valence-electron chi connectivity index (χ2n) is 5.41. The second kappa shape index (κ2) is 4.64. The molecule has 0 aromatic carbocycles. The third-order valence-corrected chi connectivity index (χ3v) is 4.08. The molecule has 0 spiro atoms. The molecule has 5 heteroatoms. The molecule has 2 N–H and O–H groups in total. The average Bonchev–Trinajstić information content (AvgIpc) is 2.83. The number of nitrogens with one attached hydrogen (secondary N) is 1. The van der Waals surface area contributed by atoms with Crippen LogP contribution < -0.4 is 5.32 Å². The number of amides is 1. The topological polar surface area (TPSA) is 69.6 Å². The molecule has 0 radical (unpaired) electrons. The van der Waals surface area contributed by atoms with Crippen LogP contribution in [0.2, 0.25) is 0 Å². The van der Waals surface area contributed by atoms with E-state index in [2.05, 4.69) is 12.2 Å². The number of carboxylic acids is 1. The largest absolute Gasteiger partial charge is 0.481 e. The highest BCUT2D eigenvalue weighted by Crippen LogP contribution is 2.27. The highest BCUT2D eigenvalue weighted by molar-refractivity contribution is 5.81. The summed E-state index contributed by atoms with van der Waals surface area (Å²) in [6.45, 7) is 6.53. The van der Waals surface area contributed by atoms with Gasteiger partial charge >= 0.3 is 5.97 Å². The minimum Gasteiger partial charge on any atom is -0.481 e. The Hall–Kier alpha value is -1.10. The van der Waals surface area contributed by atoms with Crippen LogP contribution in [0.4, 0.5) is 0 Å². The van der Waals surface area contributed by atoms with E-state index in [-0.39, 0.29) is 17.7 Å². The number of carbonyl (C=O) groups is 2. The van der Waals surface area contributed by atoms with Gasteiger partial charge in [-0.15, -0.1) is 0 Å². The lowest BCUT2D eigenvalue weighted by molar-refractivity contribution is -0.142. The van der Waals surface area contributed by atoms with E-state index in [4.69, 9.17) is 5.11 Å². The van der Waals surface area contributed by atoms with Gasteiger partial charge in [-0.1, -0.05) is 13.8 Å². The predicted molar refractivity (Wildman–Crippen MR) is 62.4 cm³/mol. The summed E-state index contributed by atoms with van der Waals surface area (Å²) >= 11 is 0. The molecule has 2 fully saturated rings. The Labute approximate surface area is 101 Å². The molecule has 2 rings (SSSR count). The summed E-state index contributed by atoms with van der Waals surface area (Å²) in [7, 11) is 0. The van der Waals surface area contributed by atoms with Gasteiger partial charge in [-0.3, -0.25) is 9.59 Å². The fourth-order valence-corrected chi connectivity index (χ4v) is 2.84. The number of carbonyl (C=O) groups excluding carboxylic acids is 1. The number of nitrogens with zero attached hydrogens (tertiary/aromatic N) is 1. The van der Waals surface area contributed by atoms with Gasteiger partial charge in [0.1, 0.15) is 0 Å². The van der Waals surface area contributed by atoms with Gasteiger partial charge in [0.15, 0.2) is 0 Å². The van der Waals surface area contributed by atoms with E-state index in [0.717, 1.165) is 13.1 Å². The van der Waals surface area contributed by atoms with E-state index < -0.39 is 11.9 Å². The van der Waals surface area contributed by atoms with Gasteiger partial charge in [-0.05, 0) is 18.4 Å². The number of carboxylic acid groups (broad SMARTS) is 1. The third-order valence-electron chi connectivity index (χ3n) is 4.08. The molecule has 2 aliphatic rings. The molecule has 4 atom stereocenters. The lowest BCUT2D eigenvalue weighted by Crippen LogP contribution is -2.37. The van der Waals surface area contributed by atoms with Crippen molar-refractivity contribution in [2.24, 2.45) is 23.7 Å². The number of aliphatic carboxylic acids is 1. The zero-order chi connectivity index (χ0) is 12.6. The minimum atomic E-state index is -0.787. The van der Waals surface area contributed by atoms with Crippen LogP contribution in [0.5, 0.6) is 0 Å². The van der Waals surface area contributed by atoms with Gasteiger partial charge in [0.25, 0.3) is 0 Å². The van der Waals surface area contributed by atoms with Crippen LogP contribution in [0.25, 0.3) is 0 Å². The third kappa shape index (κ3) is 2.29. The summed E-state index contributed by atoms with van der Waals surface area (Å²) in [6, 6.07) is 0. The molecule has 0 aromatic heterocycles. The summed E-state index contributed by atoms with van der Waals surface area (Å²) in [5.74, 6) is -0.635. The Bertz CT molecular complexity index is 332. The SMILES string of the molecule is CC1CNCC1C(=O)N1C[C@@H](C)[C@H](C(=O)O)C1. The number of hydrogen-bond acceptors (Lipinski definition) is 3. The molecule has 5 nitrogen and oxygen atoms in total. The molecule has 2 aliphatic heterocycles. The first-order valence-corrected chi connectivity index (χ1v) is 6.23. The lowest BCUT2D eigenvalue weighted by Gasteiger charge is -2.22. The molecule has 17 heavy (non-hydrogen) atoms. The van der Waals surface area contributed by atoms with E-state index in [1.165, 1.54) is 0 Å². The molecule has 96 valence electrons. The molecule has 0 bridgehead atoms. The van der Waals surface area contributed by atoms with Gasteiger partial charge in [0.05, 0.1) is 11.8 Å². The smallest absolute Gasteiger partial charge is 0.308 e. The summed E-state index contributed by atoms with van der Waals surface area (Å²) in [5.41, 5.74) is 0. The van der Waals surface area contributed by atoms with E-state index in [0.29, 0.717) is 19.0 Å². The monoisotopic (exact) mass is 240 g/mol. The summed E-state index contributed by atoms with van der Waals surface area (Å²) in [6.07, 6.45) is 0. The minimum absolute atomic E-state index is 0.0229. The number of likely N-dealkylation sites (tertiary alicyclic amines) is 1. The van der Waals surface area contributed by atoms with Crippen molar-refractivity contribution in [3.63, 3.8) is 0 Å². The molecular formula is C12H20N2O3. The van der Waals surface area contributed by atoms with Crippen LogP contribution in [-0.4, -0.2) is 48.1 Å². The van der Waals surface area contributed by atoms with Gasteiger partial charge in [0, 0.05) is 19.6 Å². The van der Waals surface area contributed by atoms with E-state index >= 15 is 0 Å². The van der Waals surface area contributed by atoms with Crippen LogP contribution >= 0.6 is 0 Å². The Balaban J connectivity index is 2.00. The molecule has 2 unspecified atom stereocenters. The number of rotatable bonds is 2. The summed E-state index contributed by atoms with van der Waals surface area (Å²) in [5, 5.41) is 12.3. The highest BCUT2D eigenvalue weighted by atomic mass is 16.4. The first-order valence-electron chi connectivity index (χ1n) is 6.23. The van der Waals surface area contributed by atoms with Crippen molar-refractivity contribution >= 4 is 11.9 Å². The van der Waals surface area contributed by atoms with Crippen molar-refractivity contribution in [1.29, 1.82) is 0 Å². The van der Waals surface area contributed by atoms with Crippen LogP contribution in [0, 0.1) is 23.7 Å². The molecule has 0 saturated carbocycles. The van der Waals surface area contributed by atoms with Crippen molar-refractivity contribution in [1.82, 2.24) is 10.2 Å². The normalized spacial score (nSPS) is 37.4. The zero-order valence-corrected chi connectivity index (χ0v) is 10.3. The van der Waals surface area contributed by atoms with Crippen molar-refractivity contribution in [3.8, 4) is 0 Å². The average molecular weight is 240 g/mol. The first-order chi connectivity index (χ1) is 8.00. The quantitative estimate of drug-likeness (QED) is 0.714. The summed E-state index contributed by atoms with van der Waals surface area (Å²) < 4.78 is 0. The maximum absolute atomic E-state index is 12.3. The molecule has 0 aromatic rings. The fourth-order valence-electron chi connectivity index (χ4n) is 2.84. The van der Waals surface area contributed by atoms with Crippen molar-refractivity contribution in [2.45, 2.75) is 13.8 Å². The van der Waals surface area contributed by atoms with Crippen molar-refractivity contribution in [2.75, 3.05) is 26.2 Å². The van der Waals surface area contributed by atoms with Crippen LogP contribution in [-0.2, 0) is 9.59 Å². The molecule has 1 amide bonds.